The summed E-state index contributed by atoms with van der Waals surface area (Å²) in [7, 11) is 0. The van der Waals surface area contributed by atoms with Gasteiger partial charge in [0.2, 0.25) is 0 Å². The van der Waals surface area contributed by atoms with Crippen molar-refractivity contribution in [1.82, 2.24) is 0 Å². The normalized spacial score (nSPS) is 19.7. The maximum Gasteiger partial charge on any atom is 0.168 e. The molecule has 2 rings (SSSR count). The Bertz CT molecular complexity index is 639. The van der Waals surface area contributed by atoms with Gasteiger partial charge >= 0.3 is 0 Å². The monoisotopic (exact) mass is 294 g/mol. The Morgan fingerprint density at radius 3 is 1.64 bits per heavy atom. The van der Waals surface area contributed by atoms with Crippen LogP contribution >= 0.6 is 0 Å². The lowest BCUT2D eigenvalue weighted by Gasteiger charge is -2.03. The molecule has 0 atom stereocenters. The quantitative estimate of drug-likeness (QED) is 0.747. The Morgan fingerprint density at radius 1 is 0.864 bits per heavy atom. The minimum absolute atomic E-state index is 0.0601. The molecule has 2 aliphatic carbocycles. The predicted molar refractivity (Wildman–Crippen MR) is 89.1 cm³/mol. The Kier molecular flexibility index (Phi) is 5.31. The summed E-state index contributed by atoms with van der Waals surface area (Å²) in [6.45, 7) is 3.65. The third kappa shape index (κ3) is 4.19. The second-order valence-electron chi connectivity index (χ2n) is 5.04. The Balaban J connectivity index is 2.09. The molecule has 4 heteroatoms. The molecule has 22 heavy (non-hydrogen) atoms. The van der Waals surface area contributed by atoms with E-state index in [1.165, 1.54) is 0 Å². The average molecular weight is 294 g/mol. The first-order chi connectivity index (χ1) is 10.6. The van der Waals surface area contributed by atoms with Crippen LogP contribution in [0.5, 0.6) is 0 Å². The van der Waals surface area contributed by atoms with Crippen LogP contribution in [0.4, 0.5) is 0 Å². The van der Waals surface area contributed by atoms with E-state index in [4.69, 9.17) is 0 Å². The summed E-state index contributed by atoms with van der Waals surface area (Å²) in [5, 5.41) is 0. The number of carbonyl (C=O) groups is 2. The van der Waals surface area contributed by atoms with E-state index >= 15 is 0 Å². The molecule has 0 aromatic rings. The van der Waals surface area contributed by atoms with Crippen molar-refractivity contribution in [1.29, 1.82) is 0 Å². The standard InChI is InChI=1S/C18H18N2O2/c1-13(19-11-15-7-3-5-9-17(15)21)14(2)20-12-16-8-4-6-10-18(16)22/h3-8,11-12H,9-10H2,1-2H3. The molecule has 0 aliphatic heterocycles. The van der Waals surface area contributed by atoms with E-state index < -0.39 is 0 Å². The van der Waals surface area contributed by atoms with E-state index in [0.717, 1.165) is 0 Å². The van der Waals surface area contributed by atoms with Gasteiger partial charge in [-0.2, -0.15) is 0 Å². The molecule has 0 aromatic carbocycles. The summed E-state index contributed by atoms with van der Waals surface area (Å²) in [5.41, 5.74) is 2.60. The van der Waals surface area contributed by atoms with E-state index in [1.54, 1.807) is 24.6 Å². The van der Waals surface area contributed by atoms with Crippen LogP contribution in [0.25, 0.3) is 0 Å². The molecule has 0 aromatic heterocycles. The van der Waals surface area contributed by atoms with Crippen LogP contribution in [0.3, 0.4) is 0 Å². The van der Waals surface area contributed by atoms with Gasteiger partial charge in [-0.3, -0.25) is 19.6 Å². The smallest absolute Gasteiger partial charge is 0.168 e. The molecule has 0 spiro atoms. The van der Waals surface area contributed by atoms with Gasteiger partial charge in [0.15, 0.2) is 11.6 Å². The fourth-order valence-corrected chi connectivity index (χ4v) is 1.86. The van der Waals surface area contributed by atoms with Crippen LogP contribution in [0.2, 0.25) is 0 Å². The minimum Gasteiger partial charge on any atom is -0.294 e. The van der Waals surface area contributed by atoms with Crippen molar-refractivity contribution in [2.75, 3.05) is 0 Å². The number of Topliss-reactive ketones (excluding diaryl/α,β-unsaturated/α-hetero) is 2. The molecule has 0 saturated heterocycles. The fourth-order valence-electron chi connectivity index (χ4n) is 1.86. The van der Waals surface area contributed by atoms with E-state index in [0.29, 0.717) is 35.4 Å². The number of nitrogens with zero attached hydrogens (tertiary/aromatic N) is 2. The van der Waals surface area contributed by atoms with Crippen molar-refractivity contribution in [3.63, 3.8) is 0 Å². The summed E-state index contributed by atoms with van der Waals surface area (Å²) >= 11 is 0. The van der Waals surface area contributed by atoms with Gasteiger partial charge < -0.3 is 0 Å². The molecule has 0 unspecified atom stereocenters. The number of aliphatic imine (C=N–C) groups is 2. The summed E-state index contributed by atoms with van der Waals surface area (Å²) in [5.74, 6) is 0.120. The first-order valence-electron chi connectivity index (χ1n) is 7.13. The second-order valence-corrected chi connectivity index (χ2v) is 5.04. The molecule has 0 radical (unpaired) electrons. The highest BCUT2D eigenvalue weighted by molar-refractivity contribution is 6.15. The van der Waals surface area contributed by atoms with Crippen molar-refractivity contribution >= 4 is 24.0 Å². The Labute approximate surface area is 130 Å². The zero-order chi connectivity index (χ0) is 15.9. The van der Waals surface area contributed by atoms with Crippen LogP contribution in [0, 0.1) is 0 Å². The highest BCUT2D eigenvalue weighted by Crippen LogP contribution is 2.11. The molecule has 0 fully saturated rings. The lowest BCUT2D eigenvalue weighted by Crippen LogP contribution is -2.05. The number of ketones is 2. The van der Waals surface area contributed by atoms with E-state index in [9.17, 15) is 9.59 Å². The van der Waals surface area contributed by atoms with Crippen LogP contribution in [0.15, 0.2) is 69.0 Å². The van der Waals surface area contributed by atoms with Crippen LogP contribution in [-0.4, -0.2) is 24.0 Å². The van der Waals surface area contributed by atoms with E-state index in [1.807, 2.05) is 38.2 Å². The number of allylic oxidation sites excluding steroid dienone is 10. The molecule has 0 N–H and O–H groups in total. The highest BCUT2D eigenvalue weighted by atomic mass is 16.1. The number of hydrogen-bond donors (Lipinski definition) is 0. The van der Waals surface area contributed by atoms with Gasteiger partial charge in [-0.05, 0) is 13.8 Å². The van der Waals surface area contributed by atoms with Gasteiger partial charge in [-0.1, -0.05) is 36.5 Å². The second kappa shape index (κ2) is 7.41. The SMILES string of the molecule is CC(N=CC1=CC=CCC1=O)=C(C)N=CC1=CC=CCC1=O. The van der Waals surface area contributed by atoms with Crippen molar-refractivity contribution < 1.29 is 9.59 Å². The maximum absolute atomic E-state index is 11.6. The molecular weight excluding hydrogens is 276 g/mol. The highest BCUT2D eigenvalue weighted by Gasteiger charge is 2.08. The van der Waals surface area contributed by atoms with Gasteiger partial charge in [0, 0.05) is 36.4 Å². The molecule has 0 saturated carbocycles. The summed E-state index contributed by atoms with van der Waals surface area (Å²) in [4.78, 5) is 31.8. The Hall–Kier alpha value is -2.62. The fraction of sp³-hybridized carbons (Fsp3) is 0.222. The molecule has 2 aliphatic rings. The molecule has 112 valence electrons. The molecule has 0 heterocycles. The summed E-state index contributed by atoms with van der Waals surface area (Å²) < 4.78 is 0. The predicted octanol–water partition coefficient (Wildman–Crippen LogP) is 3.29. The van der Waals surface area contributed by atoms with Crippen molar-refractivity contribution in [3.8, 4) is 0 Å². The van der Waals surface area contributed by atoms with Gasteiger partial charge in [-0.25, -0.2) is 0 Å². The molecule has 0 amide bonds. The number of rotatable bonds is 4. The van der Waals surface area contributed by atoms with Crippen LogP contribution in [0.1, 0.15) is 26.7 Å². The van der Waals surface area contributed by atoms with Gasteiger partial charge in [0.1, 0.15) is 0 Å². The first-order valence-corrected chi connectivity index (χ1v) is 7.13. The number of carbonyl (C=O) groups excluding carboxylic acids is 2. The Morgan fingerprint density at radius 2 is 1.27 bits per heavy atom. The largest absolute Gasteiger partial charge is 0.294 e. The maximum atomic E-state index is 11.6. The van der Waals surface area contributed by atoms with Gasteiger partial charge in [0.05, 0.1) is 11.4 Å². The van der Waals surface area contributed by atoms with E-state index in [2.05, 4.69) is 9.98 Å². The molecule has 4 nitrogen and oxygen atoms in total. The minimum atomic E-state index is 0.0601. The molecule has 0 bridgehead atoms. The zero-order valence-electron chi connectivity index (χ0n) is 12.7. The first kappa shape index (κ1) is 15.8. The lowest BCUT2D eigenvalue weighted by molar-refractivity contribution is -0.115. The number of hydrogen-bond acceptors (Lipinski definition) is 4. The van der Waals surface area contributed by atoms with Crippen LogP contribution in [-0.2, 0) is 9.59 Å². The van der Waals surface area contributed by atoms with Crippen LogP contribution < -0.4 is 0 Å². The van der Waals surface area contributed by atoms with Crippen molar-refractivity contribution in [3.05, 3.63) is 59.0 Å². The topological polar surface area (TPSA) is 58.9 Å². The summed E-state index contributed by atoms with van der Waals surface area (Å²) in [6, 6.07) is 0. The van der Waals surface area contributed by atoms with E-state index in [-0.39, 0.29) is 11.6 Å². The lowest BCUT2D eigenvalue weighted by atomic mass is 10.0. The average Bonchev–Trinajstić information content (AvgIpc) is 2.52. The summed E-state index contributed by atoms with van der Waals surface area (Å²) in [6.07, 6.45) is 14.8. The van der Waals surface area contributed by atoms with Gasteiger partial charge in [-0.15, -0.1) is 0 Å². The zero-order valence-corrected chi connectivity index (χ0v) is 12.7. The van der Waals surface area contributed by atoms with Crippen molar-refractivity contribution in [2.24, 2.45) is 9.98 Å². The third-order valence-electron chi connectivity index (χ3n) is 3.39. The van der Waals surface area contributed by atoms with Gasteiger partial charge in [0.25, 0.3) is 0 Å². The third-order valence-corrected chi connectivity index (χ3v) is 3.39. The van der Waals surface area contributed by atoms with Crippen molar-refractivity contribution in [2.45, 2.75) is 26.7 Å². The molecular formula is C18H18N2O2.